The van der Waals surface area contributed by atoms with Gasteiger partial charge in [-0.2, -0.15) is 5.26 Å². The number of halogens is 1. The summed E-state index contributed by atoms with van der Waals surface area (Å²) in [7, 11) is 1.56. The lowest BCUT2D eigenvalue weighted by atomic mass is 10.0. The van der Waals surface area contributed by atoms with Gasteiger partial charge in [0.25, 0.3) is 0 Å². The van der Waals surface area contributed by atoms with E-state index in [2.05, 4.69) is 0 Å². The Labute approximate surface area is 121 Å². The summed E-state index contributed by atoms with van der Waals surface area (Å²) in [4.78, 5) is 12.2. The van der Waals surface area contributed by atoms with Gasteiger partial charge < -0.3 is 4.74 Å². The number of carbonyl (C=O) groups excluding carboxylic acids is 1. The topological polar surface area (TPSA) is 50.1 Å². The number of benzene rings is 2. The Morgan fingerprint density at radius 2 is 1.76 bits per heavy atom. The maximum absolute atomic E-state index is 12.8. The Balaban J connectivity index is 2.29. The highest BCUT2D eigenvalue weighted by atomic mass is 19.1. The van der Waals surface area contributed by atoms with Crippen LogP contribution in [0, 0.1) is 17.1 Å². The third-order valence-electron chi connectivity index (χ3n) is 2.90. The van der Waals surface area contributed by atoms with Crippen LogP contribution in [-0.2, 0) is 0 Å². The second kappa shape index (κ2) is 6.49. The number of Topliss-reactive ketones (excluding diaryl/α,β-unsaturated/α-hetero) is 1. The number of methoxy groups -OCH3 is 1. The highest BCUT2D eigenvalue weighted by molar-refractivity contribution is 6.14. The zero-order valence-electron chi connectivity index (χ0n) is 11.3. The van der Waals surface area contributed by atoms with Crippen molar-refractivity contribution in [2.75, 3.05) is 7.11 Å². The number of hydrogen-bond acceptors (Lipinski definition) is 3. The highest BCUT2D eigenvalue weighted by Crippen LogP contribution is 2.16. The Morgan fingerprint density at radius 1 is 1.14 bits per heavy atom. The average molecular weight is 281 g/mol. The van der Waals surface area contributed by atoms with Gasteiger partial charge in [0.1, 0.15) is 23.2 Å². The normalized spacial score (nSPS) is 10.8. The fraction of sp³-hybridized carbons (Fsp3) is 0.0588. The summed E-state index contributed by atoms with van der Waals surface area (Å²) in [6.07, 6.45) is 1.49. The van der Waals surface area contributed by atoms with E-state index in [0.717, 1.165) is 0 Å². The molecule has 0 radical (unpaired) electrons. The molecule has 4 heteroatoms. The summed E-state index contributed by atoms with van der Waals surface area (Å²) in [6.45, 7) is 0. The Hall–Kier alpha value is -2.93. The van der Waals surface area contributed by atoms with Gasteiger partial charge in [-0.15, -0.1) is 0 Å². The van der Waals surface area contributed by atoms with Crippen LogP contribution >= 0.6 is 0 Å². The first kappa shape index (κ1) is 14.5. The summed E-state index contributed by atoms with van der Waals surface area (Å²) >= 11 is 0. The molecule has 0 bridgehead atoms. The quantitative estimate of drug-likeness (QED) is 0.488. The Morgan fingerprint density at radius 3 is 2.29 bits per heavy atom. The zero-order valence-corrected chi connectivity index (χ0v) is 11.3. The number of nitrogens with zero attached hydrogens (tertiary/aromatic N) is 1. The van der Waals surface area contributed by atoms with Crippen molar-refractivity contribution < 1.29 is 13.9 Å². The van der Waals surface area contributed by atoms with Crippen molar-refractivity contribution in [3.8, 4) is 11.8 Å². The molecule has 0 spiro atoms. The molecule has 21 heavy (non-hydrogen) atoms. The van der Waals surface area contributed by atoms with Crippen molar-refractivity contribution in [3.05, 3.63) is 71.0 Å². The van der Waals surface area contributed by atoms with Gasteiger partial charge in [-0.3, -0.25) is 4.79 Å². The minimum Gasteiger partial charge on any atom is -0.497 e. The summed E-state index contributed by atoms with van der Waals surface area (Å²) in [5.74, 6) is -0.173. The third-order valence-corrected chi connectivity index (χ3v) is 2.90. The summed E-state index contributed by atoms with van der Waals surface area (Å²) in [6, 6.07) is 13.9. The molecule has 0 aliphatic rings. The first-order chi connectivity index (χ1) is 10.1. The zero-order chi connectivity index (χ0) is 15.2. The molecule has 0 aliphatic carbocycles. The molecule has 0 aliphatic heterocycles. The Bertz CT molecular complexity index is 710. The minimum atomic E-state index is -0.437. The maximum Gasteiger partial charge on any atom is 0.203 e. The highest BCUT2D eigenvalue weighted by Gasteiger charge is 2.12. The van der Waals surface area contributed by atoms with Gasteiger partial charge in [0.05, 0.1) is 7.11 Å². The van der Waals surface area contributed by atoms with E-state index in [4.69, 9.17) is 10.00 Å². The van der Waals surface area contributed by atoms with Crippen LogP contribution in [0.1, 0.15) is 15.9 Å². The monoisotopic (exact) mass is 281 g/mol. The molecule has 0 heterocycles. The lowest BCUT2D eigenvalue weighted by molar-refractivity contribution is 0.104. The molecule has 2 aromatic rings. The van der Waals surface area contributed by atoms with Crippen molar-refractivity contribution >= 4 is 11.9 Å². The Kier molecular flexibility index (Phi) is 4.47. The third kappa shape index (κ3) is 3.54. The molecular formula is C17H12FNO2. The van der Waals surface area contributed by atoms with Crippen molar-refractivity contribution in [2.24, 2.45) is 0 Å². The number of nitriles is 1. The van der Waals surface area contributed by atoms with Gasteiger partial charge >= 0.3 is 0 Å². The van der Waals surface area contributed by atoms with Crippen molar-refractivity contribution in [1.29, 1.82) is 5.26 Å². The number of rotatable bonds is 4. The van der Waals surface area contributed by atoms with Crippen LogP contribution in [0.2, 0.25) is 0 Å². The molecule has 0 fully saturated rings. The van der Waals surface area contributed by atoms with Crippen LogP contribution in [0.5, 0.6) is 5.75 Å². The molecule has 0 atom stereocenters. The minimum absolute atomic E-state index is 0.00762. The van der Waals surface area contributed by atoms with Gasteiger partial charge in [0.2, 0.25) is 5.78 Å². The summed E-state index contributed by atoms with van der Waals surface area (Å²) in [5, 5.41) is 9.14. The van der Waals surface area contributed by atoms with Gasteiger partial charge in [0.15, 0.2) is 0 Å². The molecule has 0 amide bonds. The van der Waals surface area contributed by atoms with Crippen LogP contribution in [-0.4, -0.2) is 12.9 Å². The van der Waals surface area contributed by atoms with E-state index >= 15 is 0 Å². The molecule has 0 unspecified atom stereocenters. The van der Waals surface area contributed by atoms with Crippen LogP contribution in [0.4, 0.5) is 4.39 Å². The van der Waals surface area contributed by atoms with Crippen molar-refractivity contribution in [1.82, 2.24) is 0 Å². The van der Waals surface area contributed by atoms with Crippen LogP contribution in [0.15, 0.2) is 54.1 Å². The van der Waals surface area contributed by atoms with Crippen LogP contribution in [0.25, 0.3) is 6.08 Å². The molecule has 0 saturated carbocycles. The molecule has 0 N–H and O–H groups in total. The second-order valence-electron chi connectivity index (χ2n) is 4.28. The smallest absolute Gasteiger partial charge is 0.203 e. The van der Waals surface area contributed by atoms with Gasteiger partial charge in [0, 0.05) is 5.56 Å². The average Bonchev–Trinajstić information content (AvgIpc) is 2.53. The summed E-state index contributed by atoms with van der Waals surface area (Å²) in [5.41, 5.74) is 0.979. The number of ether oxygens (including phenoxy) is 1. The fourth-order valence-corrected chi connectivity index (χ4v) is 1.77. The predicted octanol–water partition coefficient (Wildman–Crippen LogP) is 3.62. The number of hydrogen-bond donors (Lipinski definition) is 0. The molecule has 3 nitrogen and oxygen atoms in total. The van der Waals surface area contributed by atoms with Gasteiger partial charge in [-0.05, 0) is 48.0 Å². The second-order valence-corrected chi connectivity index (χ2v) is 4.28. The molecule has 0 aromatic heterocycles. The molecule has 2 aromatic carbocycles. The van der Waals surface area contributed by atoms with E-state index in [1.807, 2.05) is 6.07 Å². The fourth-order valence-electron chi connectivity index (χ4n) is 1.77. The van der Waals surface area contributed by atoms with Crippen LogP contribution < -0.4 is 4.74 Å². The van der Waals surface area contributed by atoms with E-state index < -0.39 is 11.6 Å². The van der Waals surface area contributed by atoms with Crippen molar-refractivity contribution in [3.63, 3.8) is 0 Å². The van der Waals surface area contributed by atoms with E-state index in [0.29, 0.717) is 11.3 Å². The van der Waals surface area contributed by atoms with Gasteiger partial charge in [-0.25, -0.2) is 4.39 Å². The van der Waals surface area contributed by atoms with E-state index in [1.165, 1.54) is 30.3 Å². The van der Waals surface area contributed by atoms with E-state index in [1.54, 1.807) is 31.4 Å². The largest absolute Gasteiger partial charge is 0.497 e. The standard InChI is InChI=1S/C17H12FNO2/c1-21-16-8-2-12(3-9-16)10-14(11-19)17(20)13-4-6-15(18)7-5-13/h2-10H,1H3/b14-10+. The number of allylic oxidation sites excluding steroid dienone is 1. The lowest BCUT2D eigenvalue weighted by Gasteiger charge is -2.01. The molecule has 104 valence electrons. The lowest BCUT2D eigenvalue weighted by Crippen LogP contribution is -2.01. The molecule has 0 saturated heterocycles. The van der Waals surface area contributed by atoms with Gasteiger partial charge in [-0.1, -0.05) is 12.1 Å². The molecular weight excluding hydrogens is 269 g/mol. The first-order valence-electron chi connectivity index (χ1n) is 6.20. The van der Waals surface area contributed by atoms with Crippen LogP contribution in [0.3, 0.4) is 0 Å². The first-order valence-corrected chi connectivity index (χ1v) is 6.20. The maximum atomic E-state index is 12.8. The number of carbonyl (C=O) groups is 1. The number of ketones is 1. The SMILES string of the molecule is COc1ccc(/C=C(\C#N)C(=O)c2ccc(F)cc2)cc1. The predicted molar refractivity (Wildman–Crippen MR) is 77.3 cm³/mol. The van der Waals surface area contributed by atoms with E-state index in [9.17, 15) is 9.18 Å². The molecule has 2 rings (SSSR count). The van der Waals surface area contributed by atoms with Crippen molar-refractivity contribution in [2.45, 2.75) is 0 Å². The summed E-state index contributed by atoms with van der Waals surface area (Å²) < 4.78 is 17.9. The van der Waals surface area contributed by atoms with E-state index in [-0.39, 0.29) is 11.1 Å².